The number of para-hydroxylation sites is 1. The summed E-state index contributed by atoms with van der Waals surface area (Å²) in [4.78, 5) is 12.2. The number of amides is 1. The van der Waals surface area contributed by atoms with Gasteiger partial charge in [-0.2, -0.15) is 0 Å². The maximum atomic E-state index is 12.2. The first-order valence-corrected chi connectivity index (χ1v) is 9.40. The fourth-order valence-electron chi connectivity index (χ4n) is 2.63. The van der Waals surface area contributed by atoms with Crippen LogP contribution in [0.2, 0.25) is 0 Å². The molecule has 8 heteroatoms. The molecule has 0 spiro atoms. The first-order valence-electron chi connectivity index (χ1n) is 7.51. The number of sulfonamides is 1. The van der Waals surface area contributed by atoms with Crippen LogP contribution in [-0.4, -0.2) is 40.2 Å². The molecule has 2 rings (SSSR count). The van der Waals surface area contributed by atoms with E-state index in [1.807, 2.05) is 0 Å². The van der Waals surface area contributed by atoms with Crippen molar-refractivity contribution in [2.75, 3.05) is 30.6 Å². The van der Waals surface area contributed by atoms with E-state index in [0.717, 1.165) is 25.8 Å². The van der Waals surface area contributed by atoms with Crippen molar-refractivity contribution >= 4 is 34.0 Å². The minimum absolute atomic E-state index is 0. The largest absolute Gasteiger partial charge is 0.352 e. The van der Waals surface area contributed by atoms with E-state index in [-0.39, 0.29) is 18.3 Å². The van der Waals surface area contributed by atoms with Crippen LogP contribution in [0.1, 0.15) is 29.6 Å². The number of hydrogen-bond donors (Lipinski definition) is 3. The highest BCUT2D eigenvalue weighted by Crippen LogP contribution is 2.17. The van der Waals surface area contributed by atoms with Crippen LogP contribution in [0.4, 0.5) is 5.69 Å². The molecule has 1 aliphatic heterocycles. The molecule has 0 aromatic heterocycles. The number of piperidine rings is 1. The van der Waals surface area contributed by atoms with E-state index in [0.29, 0.717) is 23.7 Å². The van der Waals surface area contributed by atoms with E-state index in [2.05, 4.69) is 15.4 Å². The monoisotopic (exact) mass is 361 g/mol. The molecule has 130 valence electrons. The van der Waals surface area contributed by atoms with Crippen LogP contribution in [0, 0.1) is 5.92 Å². The summed E-state index contributed by atoms with van der Waals surface area (Å²) in [6.07, 6.45) is 4.37. The van der Waals surface area contributed by atoms with Gasteiger partial charge in [-0.1, -0.05) is 12.1 Å². The molecule has 0 bridgehead atoms. The van der Waals surface area contributed by atoms with Gasteiger partial charge in [-0.25, -0.2) is 8.42 Å². The van der Waals surface area contributed by atoms with Gasteiger partial charge in [0.2, 0.25) is 10.0 Å². The quantitative estimate of drug-likeness (QED) is 0.718. The predicted molar refractivity (Wildman–Crippen MR) is 94.7 cm³/mol. The average Bonchev–Trinajstić information content (AvgIpc) is 2.47. The van der Waals surface area contributed by atoms with Crippen molar-refractivity contribution in [2.24, 2.45) is 5.92 Å². The summed E-state index contributed by atoms with van der Waals surface area (Å²) in [5, 5.41) is 6.22. The van der Waals surface area contributed by atoms with Gasteiger partial charge in [0.1, 0.15) is 0 Å². The number of carbonyl (C=O) groups excluding carboxylic acids is 1. The van der Waals surface area contributed by atoms with E-state index in [1.165, 1.54) is 12.8 Å². The smallest absolute Gasteiger partial charge is 0.253 e. The van der Waals surface area contributed by atoms with Gasteiger partial charge in [-0.15, -0.1) is 12.4 Å². The maximum Gasteiger partial charge on any atom is 0.253 e. The highest BCUT2D eigenvalue weighted by Gasteiger charge is 2.15. The van der Waals surface area contributed by atoms with E-state index in [1.54, 1.807) is 24.3 Å². The second kappa shape index (κ2) is 9.10. The summed E-state index contributed by atoms with van der Waals surface area (Å²) in [5.74, 6) is 0.342. The van der Waals surface area contributed by atoms with Gasteiger partial charge in [-0.3, -0.25) is 9.52 Å². The molecule has 1 heterocycles. The second-order valence-corrected chi connectivity index (χ2v) is 7.43. The summed E-state index contributed by atoms with van der Waals surface area (Å²) in [5.41, 5.74) is 0.650. The molecule has 6 nitrogen and oxygen atoms in total. The van der Waals surface area contributed by atoms with Crippen molar-refractivity contribution in [3.63, 3.8) is 0 Å². The molecule has 1 amide bonds. The van der Waals surface area contributed by atoms with Gasteiger partial charge in [0.05, 0.1) is 17.5 Å². The SMILES string of the molecule is CS(=O)(=O)Nc1ccccc1C(=O)NCCC1CCCNC1.Cl. The first kappa shape index (κ1) is 19.7. The molecule has 1 aromatic carbocycles. The van der Waals surface area contributed by atoms with Gasteiger partial charge >= 0.3 is 0 Å². The Morgan fingerprint density at radius 2 is 2.09 bits per heavy atom. The van der Waals surface area contributed by atoms with Crippen molar-refractivity contribution in [3.05, 3.63) is 29.8 Å². The molecule has 23 heavy (non-hydrogen) atoms. The van der Waals surface area contributed by atoms with Crippen molar-refractivity contribution in [2.45, 2.75) is 19.3 Å². The van der Waals surface area contributed by atoms with Crippen molar-refractivity contribution < 1.29 is 13.2 Å². The summed E-state index contributed by atoms with van der Waals surface area (Å²) >= 11 is 0. The fraction of sp³-hybridized carbons (Fsp3) is 0.533. The first-order chi connectivity index (χ1) is 10.5. The highest BCUT2D eigenvalue weighted by atomic mass is 35.5. The highest BCUT2D eigenvalue weighted by molar-refractivity contribution is 7.92. The van der Waals surface area contributed by atoms with Gasteiger partial charge in [0, 0.05) is 6.54 Å². The van der Waals surface area contributed by atoms with Crippen LogP contribution in [0.5, 0.6) is 0 Å². The Labute approximate surface area is 143 Å². The molecule has 1 saturated heterocycles. The lowest BCUT2D eigenvalue weighted by Crippen LogP contribution is -2.33. The zero-order valence-electron chi connectivity index (χ0n) is 13.2. The average molecular weight is 362 g/mol. The summed E-state index contributed by atoms with van der Waals surface area (Å²) < 4.78 is 25.1. The molecular weight excluding hydrogens is 338 g/mol. The number of benzene rings is 1. The minimum atomic E-state index is -3.41. The maximum absolute atomic E-state index is 12.2. The Morgan fingerprint density at radius 1 is 1.35 bits per heavy atom. The number of carbonyl (C=O) groups is 1. The molecule has 1 aromatic rings. The van der Waals surface area contributed by atoms with Gasteiger partial charge in [0.25, 0.3) is 5.91 Å². The van der Waals surface area contributed by atoms with Crippen molar-refractivity contribution in [3.8, 4) is 0 Å². The lowest BCUT2D eigenvalue weighted by atomic mass is 9.96. The zero-order chi connectivity index (χ0) is 16.0. The number of halogens is 1. The van der Waals surface area contributed by atoms with Crippen molar-refractivity contribution in [1.82, 2.24) is 10.6 Å². The van der Waals surface area contributed by atoms with Crippen LogP contribution in [-0.2, 0) is 10.0 Å². The van der Waals surface area contributed by atoms with E-state index in [4.69, 9.17) is 0 Å². The molecule has 1 fully saturated rings. The van der Waals surface area contributed by atoms with Crippen LogP contribution in [0.3, 0.4) is 0 Å². The number of rotatable bonds is 6. The van der Waals surface area contributed by atoms with Crippen LogP contribution >= 0.6 is 12.4 Å². The Balaban J connectivity index is 0.00000264. The lowest BCUT2D eigenvalue weighted by molar-refractivity contribution is 0.0951. The van der Waals surface area contributed by atoms with Crippen LogP contribution < -0.4 is 15.4 Å². The third-order valence-electron chi connectivity index (χ3n) is 3.70. The second-order valence-electron chi connectivity index (χ2n) is 5.68. The Morgan fingerprint density at radius 3 is 2.74 bits per heavy atom. The number of hydrogen-bond acceptors (Lipinski definition) is 4. The fourth-order valence-corrected chi connectivity index (χ4v) is 3.20. The summed E-state index contributed by atoms with van der Waals surface area (Å²) in [7, 11) is -3.41. The van der Waals surface area contributed by atoms with E-state index >= 15 is 0 Å². The van der Waals surface area contributed by atoms with Gasteiger partial charge in [-0.05, 0) is 50.4 Å². The van der Waals surface area contributed by atoms with Crippen LogP contribution in [0.25, 0.3) is 0 Å². The molecule has 0 aliphatic carbocycles. The molecule has 1 unspecified atom stereocenters. The summed E-state index contributed by atoms with van der Waals surface area (Å²) in [6, 6.07) is 6.61. The van der Waals surface area contributed by atoms with Gasteiger partial charge in [0.15, 0.2) is 0 Å². The topological polar surface area (TPSA) is 87.3 Å². The standard InChI is InChI=1S/C15H23N3O3S.ClH/c1-22(20,21)18-14-7-3-2-6-13(14)15(19)17-10-8-12-5-4-9-16-11-12;/h2-3,6-7,12,16,18H,4-5,8-11H2,1H3,(H,17,19);1H. The molecule has 1 aliphatic rings. The Bertz CT molecular complexity index is 616. The molecule has 0 saturated carbocycles. The van der Waals surface area contributed by atoms with E-state index in [9.17, 15) is 13.2 Å². The third-order valence-corrected chi connectivity index (χ3v) is 4.29. The molecule has 0 radical (unpaired) electrons. The summed E-state index contributed by atoms with van der Waals surface area (Å²) in [6.45, 7) is 2.67. The lowest BCUT2D eigenvalue weighted by Gasteiger charge is -2.22. The third kappa shape index (κ3) is 6.76. The van der Waals surface area contributed by atoms with Gasteiger partial charge < -0.3 is 10.6 Å². The number of nitrogens with one attached hydrogen (secondary N) is 3. The predicted octanol–water partition coefficient (Wildman–Crippen LogP) is 1.60. The molecular formula is C15H24ClN3O3S. The minimum Gasteiger partial charge on any atom is -0.352 e. The van der Waals surface area contributed by atoms with Crippen molar-refractivity contribution in [1.29, 1.82) is 0 Å². The number of anilines is 1. The molecule has 1 atom stereocenters. The molecule has 3 N–H and O–H groups in total. The van der Waals surface area contributed by atoms with Crippen LogP contribution in [0.15, 0.2) is 24.3 Å². The van der Waals surface area contributed by atoms with E-state index < -0.39 is 10.0 Å². The zero-order valence-corrected chi connectivity index (χ0v) is 14.8. The Kier molecular flexibility index (Phi) is 7.81. The normalized spacial score (nSPS) is 17.9. The Hall–Kier alpha value is -1.31.